The van der Waals surface area contributed by atoms with Gasteiger partial charge in [0.1, 0.15) is 0 Å². The summed E-state index contributed by atoms with van der Waals surface area (Å²) in [5, 5.41) is 12.4. The van der Waals surface area contributed by atoms with E-state index < -0.39 is 0 Å². The fraction of sp³-hybridized carbons (Fsp3) is 0.417. The minimum atomic E-state index is -0.129. The van der Waals surface area contributed by atoms with Gasteiger partial charge in [0.25, 0.3) is 0 Å². The molecular formula is C12H17BrN2O2. The summed E-state index contributed by atoms with van der Waals surface area (Å²) in [6.45, 7) is 2.50. The van der Waals surface area contributed by atoms with Gasteiger partial charge in [0.05, 0.1) is 10.2 Å². The number of nitrogens with one attached hydrogen (secondary N) is 1. The third-order valence-corrected chi connectivity index (χ3v) is 3.29. The van der Waals surface area contributed by atoms with Crippen molar-refractivity contribution in [2.24, 2.45) is 11.7 Å². The van der Waals surface area contributed by atoms with Crippen LogP contribution in [0.5, 0.6) is 5.75 Å². The highest BCUT2D eigenvalue weighted by Crippen LogP contribution is 2.31. The lowest BCUT2D eigenvalue weighted by Gasteiger charge is -2.13. The lowest BCUT2D eigenvalue weighted by atomic mass is 10.0. The summed E-state index contributed by atoms with van der Waals surface area (Å²) in [4.78, 5) is 11.7. The van der Waals surface area contributed by atoms with Crippen molar-refractivity contribution >= 4 is 27.5 Å². The predicted octanol–water partition coefficient (Wildman–Crippen LogP) is 2.47. The van der Waals surface area contributed by atoms with Crippen molar-refractivity contribution in [3.63, 3.8) is 0 Å². The number of phenolic OH excluding ortho intramolecular Hbond substituents is 1. The molecule has 1 aromatic rings. The summed E-state index contributed by atoms with van der Waals surface area (Å²) in [6, 6.07) is 5.11. The molecule has 0 radical (unpaired) electrons. The predicted molar refractivity (Wildman–Crippen MR) is 71.9 cm³/mol. The van der Waals surface area contributed by atoms with Gasteiger partial charge in [-0.05, 0) is 40.5 Å². The van der Waals surface area contributed by atoms with Gasteiger partial charge in [0.2, 0.25) is 5.91 Å². The van der Waals surface area contributed by atoms with E-state index >= 15 is 0 Å². The van der Waals surface area contributed by atoms with E-state index in [0.29, 0.717) is 23.1 Å². The van der Waals surface area contributed by atoms with E-state index in [2.05, 4.69) is 21.2 Å². The van der Waals surface area contributed by atoms with Crippen LogP contribution in [0.2, 0.25) is 0 Å². The number of nitrogens with two attached hydrogens (primary N) is 1. The summed E-state index contributed by atoms with van der Waals surface area (Å²) < 4.78 is 0.557. The fourth-order valence-corrected chi connectivity index (χ4v) is 1.84. The molecule has 4 nitrogen and oxygen atoms in total. The maximum absolute atomic E-state index is 11.7. The summed E-state index contributed by atoms with van der Waals surface area (Å²) in [5.74, 6) is 0.0987. The van der Waals surface area contributed by atoms with E-state index in [9.17, 15) is 9.90 Å². The lowest BCUT2D eigenvalue weighted by molar-refractivity contribution is -0.117. The van der Waals surface area contributed by atoms with Crippen molar-refractivity contribution in [3.8, 4) is 5.75 Å². The molecule has 0 fully saturated rings. The Kier molecular flexibility index (Phi) is 5.44. The summed E-state index contributed by atoms with van der Waals surface area (Å²) >= 11 is 3.19. The molecule has 0 bridgehead atoms. The van der Waals surface area contributed by atoms with Crippen molar-refractivity contribution in [1.29, 1.82) is 0 Å². The molecule has 1 rings (SSSR count). The Balaban J connectivity index is 2.65. The Hall–Kier alpha value is -1.07. The van der Waals surface area contributed by atoms with E-state index in [-0.39, 0.29) is 17.6 Å². The number of amides is 1. The molecule has 0 aliphatic heterocycles. The van der Waals surface area contributed by atoms with Crippen molar-refractivity contribution in [2.75, 3.05) is 11.9 Å². The molecule has 94 valence electrons. The van der Waals surface area contributed by atoms with E-state index in [1.54, 1.807) is 18.2 Å². The van der Waals surface area contributed by atoms with Gasteiger partial charge in [0, 0.05) is 6.42 Å². The molecular weight excluding hydrogens is 284 g/mol. The van der Waals surface area contributed by atoms with Gasteiger partial charge in [-0.3, -0.25) is 4.79 Å². The van der Waals surface area contributed by atoms with Crippen LogP contribution >= 0.6 is 15.9 Å². The van der Waals surface area contributed by atoms with E-state index in [0.717, 1.165) is 6.42 Å². The van der Waals surface area contributed by atoms with E-state index in [1.165, 1.54) is 0 Å². The number of carbonyl (C=O) groups is 1. The minimum absolute atomic E-state index is 0.0432. The molecule has 0 heterocycles. The highest BCUT2D eigenvalue weighted by atomic mass is 79.9. The fourth-order valence-electron chi connectivity index (χ4n) is 1.47. The van der Waals surface area contributed by atoms with Crippen LogP contribution in [-0.2, 0) is 4.79 Å². The SMILES string of the molecule is CCC(CN)CC(=O)Nc1cccc(Br)c1O. The molecule has 0 aromatic heterocycles. The summed E-state index contributed by atoms with van der Waals surface area (Å²) in [7, 11) is 0. The van der Waals surface area contributed by atoms with Gasteiger partial charge in [-0.1, -0.05) is 19.4 Å². The maximum Gasteiger partial charge on any atom is 0.224 e. The van der Waals surface area contributed by atoms with Gasteiger partial charge in [-0.25, -0.2) is 0 Å². The summed E-state index contributed by atoms with van der Waals surface area (Å²) in [5.41, 5.74) is 5.96. The number of anilines is 1. The average molecular weight is 301 g/mol. The number of aromatic hydroxyl groups is 1. The number of hydrogen-bond acceptors (Lipinski definition) is 3. The topological polar surface area (TPSA) is 75.4 Å². The Morgan fingerprint density at radius 3 is 2.88 bits per heavy atom. The first-order valence-electron chi connectivity index (χ1n) is 5.55. The zero-order chi connectivity index (χ0) is 12.8. The maximum atomic E-state index is 11.7. The molecule has 0 aliphatic rings. The zero-order valence-corrected chi connectivity index (χ0v) is 11.3. The van der Waals surface area contributed by atoms with Crippen molar-refractivity contribution in [1.82, 2.24) is 0 Å². The number of carbonyl (C=O) groups excluding carboxylic acids is 1. The zero-order valence-electron chi connectivity index (χ0n) is 9.74. The molecule has 17 heavy (non-hydrogen) atoms. The Labute approximate surface area is 109 Å². The lowest BCUT2D eigenvalue weighted by Crippen LogP contribution is -2.21. The first kappa shape index (κ1) is 14.0. The largest absolute Gasteiger partial charge is 0.505 e. The standard InChI is InChI=1S/C12H17BrN2O2/c1-2-8(7-14)6-11(16)15-10-5-3-4-9(13)12(10)17/h3-5,8,17H,2,6-7,14H2,1H3,(H,15,16). The Bertz CT molecular complexity index is 392. The van der Waals surface area contributed by atoms with Crippen LogP contribution in [0.3, 0.4) is 0 Å². The van der Waals surface area contributed by atoms with Crippen LogP contribution in [0.4, 0.5) is 5.69 Å². The van der Waals surface area contributed by atoms with Crippen LogP contribution in [0.25, 0.3) is 0 Å². The van der Waals surface area contributed by atoms with Gasteiger partial charge in [-0.15, -0.1) is 0 Å². The first-order chi connectivity index (χ1) is 8.08. The highest BCUT2D eigenvalue weighted by Gasteiger charge is 2.12. The molecule has 1 aromatic carbocycles. The van der Waals surface area contributed by atoms with Crippen LogP contribution < -0.4 is 11.1 Å². The minimum Gasteiger partial charge on any atom is -0.505 e. The molecule has 1 amide bonds. The van der Waals surface area contributed by atoms with Gasteiger partial charge in [-0.2, -0.15) is 0 Å². The number of halogens is 1. The smallest absolute Gasteiger partial charge is 0.224 e. The van der Waals surface area contributed by atoms with Gasteiger partial charge in [0.15, 0.2) is 5.75 Å². The molecule has 0 aliphatic carbocycles. The van der Waals surface area contributed by atoms with Crippen LogP contribution in [-0.4, -0.2) is 17.6 Å². The Morgan fingerprint density at radius 2 is 2.29 bits per heavy atom. The molecule has 0 spiro atoms. The van der Waals surface area contributed by atoms with Crippen molar-refractivity contribution in [3.05, 3.63) is 22.7 Å². The average Bonchev–Trinajstić information content (AvgIpc) is 2.32. The molecule has 1 unspecified atom stereocenters. The molecule has 1 atom stereocenters. The van der Waals surface area contributed by atoms with Gasteiger partial charge < -0.3 is 16.2 Å². The second-order valence-electron chi connectivity index (χ2n) is 3.90. The monoisotopic (exact) mass is 300 g/mol. The molecule has 4 N–H and O–H groups in total. The molecule has 5 heteroatoms. The third-order valence-electron chi connectivity index (χ3n) is 2.65. The number of benzene rings is 1. The highest BCUT2D eigenvalue weighted by molar-refractivity contribution is 9.10. The van der Waals surface area contributed by atoms with E-state index in [4.69, 9.17) is 5.73 Å². The second kappa shape index (κ2) is 6.61. The number of phenols is 1. The van der Waals surface area contributed by atoms with Crippen molar-refractivity contribution in [2.45, 2.75) is 19.8 Å². The van der Waals surface area contributed by atoms with Crippen LogP contribution in [0.15, 0.2) is 22.7 Å². The number of rotatable bonds is 5. The second-order valence-corrected chi connectivity index (χ2v) is 4.75. The number of hydrogen-bond donors (Lipinski definition) is 3. The summed E-state index contributed by atoms with van der Waals surface area (Å²) in [6.07, 6.45) is 1.24. The number of para-hydroxylation sites is 1. The first-order valence-corrected chi connectivity index (χ1v) is 6.35. The Morgan fingerprint density at radius 1 is 1.59 bits per heavy atom. The molecule has 0 saturated heterocycles. The van der Waals surface area contributed by atoms with Gasteiger partial charge >= 0.3 is 0 Å². The third kappa shape index (κ3) is 4.02. The van der Waals surface area contributed by atoms with E-state index in [1.807, 2.05) is 6.92 Å². The normalized spacial score (nSPS) is 12.2. The van der Waals surface area contributed by atoms with Crippen LogP contribution in [0, 0.1) is 5.92 Å². The van der Waals surface area contributed by atoms with Crippen molar-refractivity contribution < 1.29 is 9.90 Å². The molecule has 0 saturated carbocycles. The quantitative estimate of drug-likeness (QED) is 0.731. The van der Waals surface area contributed by atoms with Crippen LogP contribution in [0.1, 0.15) is 19.8 Å².